The molecular formula is C19H17Cl2NO. The summed E-state index contributed by atoms with van der Waals surface area (Å²) < 4.78 is 6.52. The van der Waals surface area contributed by atoms with Crippen molar-refractivity contribution in [3.05, 3.63) is 63.6 Å². The van der Waals surface area contributed by atoms with Gasteiger partial charge in [0.15, 0.2) is 0 Å². The van der Waals surface area contributed by atoms with E-state index in [1.807, 2.05) is 6.07 Å². The summed E-state index contributed by atoms with van der Waals surface area (Å²) >= 11 is 12.5. The second-order valence-electron chi connectivity index (χ2n) is 6.64. The van der Waals surface area contributed by atoms with Crippen LogP contribution in [0.3, 0.4) is 0 Å². The number of nitrogens with zero attached hydrogens (tertiary/aromatic N) is 1. The molecule has 0 amide bonds. The molecule has 0 saturated heterocycles. The molecule has 0 aromatic heterocycles. The Morgan fingerprint density at radius 3 is 2.57 bits per heavy atom. The van der Waals surface area contributed by atoms with E-state index >= 15 is 0 Å². The van der Waals surface area contributed by atoms with Crippen molar-refractivity contribution in [1.29, 1.82) is 0 Å². The maximum Gasteiger partial charge on any atom is 0.211 e. The maximum absolute atomic E-state index is 6.52. The average molecular weight is 346 g/mol. The predicted octanol–water partition coefficient (Wildman–Crippen LogP) is 5.52. The zero-order valence-corrected chi connectivity index (χ0v) is 14.7. The van der Waals surface area contributed by atoms with Crippen LogP contribution in [0.5, 0.6) is 5.75 Å². The summed E-state index contributed by atoms with van der Waals surface area (Å²) in [4.78, 5) is 2.19. The second kappa shape index (κ2) is 4.68. The summed E-state index contributed by atoms with van der Waals surface area (Å²) in [6, 6.07) is 12.0. The molecule has 118 valence electrons. The van der Waals surface area contributed by atoms with E-state index in [1.54, 1.807) is 6.07 Å². The van der Waals surface area contributed by atoms with E-state index in [4.69, 9.17) is 27.9 Å². The lowest BCUT2D eigenvalue weighted by atomic mass is 9.76. The summed E-state index contributed by atoms with van der Waals surface area (Å²) in [6.07, 6.45) is 4.17. The standard InChI is InChI=1S/C19H17Cl2NO/c1-18(2)14-6-4-5-7-16(14)22(3)19(18)9-8-12-10-13(20)11-15(21)17(12)23-19/h4-11H,1-3H3. The Balaban J connectivity index is 1.92. The van der Waals surface area contributed by atoms with Crippen LogP contribution in [-0.4, -0.2) is 12.8 Å². The summed E-state index contributed by atoms with van der Waals surface area (Å²) in [6.45, 7) is 4.41. The van der Waals surface area contributed by atoms with Crippen LogP contribution < -0.4 is 9.64 Å². The van der Waals surface area contributed by atoms with Crippen molar-refractivity contribution in [2.45, 2.75) is 25.0 Å². The third kappa shape index (κ3) is 1.82. The van der Waals surface area contributed by atoms with Gasteiger partial charge in [0.1, 0.15) is 5.75 Å². The fourth-order valence-corrected chi connectivity index (χ4v) is 4.35. The molecule has 2 aromatic rings. The summed E-state index contributed by atoms with van der Waals surface area (Å²) in [5, 5.41) is 1.15. The summed E-state index contributed by atoms with van der Waals surface area (Å²) in [5.74, 6) is 0.686. The second-order valence-corrected chi connectivity index (χ2v) is 7.48. The van der Waals surface area contributed by atoms with E-state index in [1.165, 1.54) is 11.3 Å². The molecule has 1 unspecified atom stereocenters. The normalized spacial score (nSPS) is 23.6. The number of ether oxygens (including phenoxy) is 1. The number of hydrogen-bond acceptors (Lipinski definition) is 2. The molecular weight excluding hydrogens is 329 g/mol. The predicted molar refractivity (Wildman–Crippen MR) is 96.7 cm³/mol. The molecule has 4 rings (SSSR count). The van der Waals surface area contributed by atoms with Crippen molar-refractivity contribution in [2.75, 3.05) is 11.9 Å². The Hall–Kier alpha value is -1.64. The van der Waals surface area contributed by atoms with Crippen LogP contribution in [0.2, 0.25) is 10.0 Å². The van der Waals surface area contributed by atoms with E-state index in [-0.39, 0.29) is 5.41 Å². The number of anilines is 1. The van der Waals surface area contributed by atoms with Gasteiger partial charge in [0.2, 0.25) is 5.72 Å². The minimum atomic E-state index is -0.610. The monoisotopic (exact) mass is 345 g/mol. The molecule has 4 heteroatoms. The van der Waals surface area contributed by atoms with Crippen LogP contribution in [0.1, 0.15) is 25.0 Å². The van der Waals surface area contributed by atoms with Crippen LogP contribution in [0.4, 0.5) is 5.69 Å². The van der Waals surface area contributed by atoms with E-state index < -0.39 is 5.72 Å². The number of halogens is 2. The molecule has 0 bridgehead atoms. The number of fused-ring (bicyclic) bond motifs is 2. The van der Waals surface area contributed by atoms with Crippen LogP contribution >= 0.6 is 23.2 Å². The Morgan fingerprint density at radius 2 is 1.83 bits per heavy atom. The van der Waals surface area contributed by atoms with Gasteiger partial charge in [0.25, 0.3) is 0 Å². The number of likely N-dealkylation sites (N-methyl/N-ethyl adjacent to an activating group) is 1. The van der Waals surface area contributed by atoms with E-state index in [0.717, 1.165) is 5.56 Å². The van der Waals surface area contributed by atoms with Gasteiger partial charge in [-0.1, -0.05) is 41.4 Å². The molecule has 2 heterocycles. The van der Waals surface area contributed by atoms with Crippen molar-refractivity contribution in [3.8, 4) is 5.75 Å². The molecule has 0 saturated carbocycles. The van der Waals surface area contributed by atoms with Gasteiger partial charge >= 0.3 is 0 Å². The molecule has 2 nitrogen and oxygen atoms in total. The lowest BCUT2D eigenvalue weighted by Gasteiger charge is -2.46. The molecule has 0 radical (unpaired) electrons. The molecule has 2 aromatic carbocycles. The van der Waals surface area contributed by atoms with Gasteiger partial charge in [-0.2, -0.15) is 0 Å². The summed E-state index contributed by atoms with van der Waals surface area (Å²) in [7, 11) is 2.06. The van der Waals surface area contributed by atoms with Crippen LogP contribution in [0.25, 0.3) is 6.08 Å². The first-order valence-corrected chi connectivity index (χ1v) is 8.33. The van der Waals surface area contributed by atoms with Crippen LogP contribution in [0.15, 0.2) is 42.5 Å². The SMILES string of the molecule is CN1c2ccccc2C(C)(C)C12C=Cc1cc(Cl)cc(Cl)c1O2. The fourth-order valence-electron chi connectivity index (χ4n) is 3.81. The van der Waals surface area contributed by atoms with Crippen molar-refractivity contribution in [1.82, 2.24) is 0 Å². The average Bonchev–Trinajstić information content (AvgIpc) is 2.68. The van der Waals surface area contributed by atoms with Gasteiger partial charge in [-0.3, -0.25) is 0 Å². The first-order valence-electron chi connectivity index (χ1n) is 7.57. The molecule has 0 aliphatic carbocycles. The highest BCUT2D eigenvalue weighted by Crippen LogP contribution is 2.55. The Labute approximate surface area is 146 Å². The van der Waals surface area contributed by atoms with Gasteiger partial charge in [-0.15, -0.1) is 0 Å². The number of benzene rings is 2. The topological polar surface area (TPSA) is 12.5 Å². The van der Waals surface area contributed by atoms with Crippen LogP contribution in [-0.2, 0) is 5.41 Å². The molecule has 2 aliphatic heterocycles. The maximum atomic E-state index is 6.52. The van der Waals surface area contributed by atoms with Crippen molar-refractivity contribution in [3.63, 3.8) is 0 Å². The zero-order valence-electron chi connectivity index (χ0n) is 13.2. The Morgan fingerprint density at radius 1 is 1.09 bits per heavy atom. The van der Waals surface area contributed by atoms with Gasteiger partial charge in [-0.05, 0) is 49.8 Å². The molecule has 1 spiro atoms. The van der Waals surface area contributed by atoms with Gasteiger partial charge < -0.3 is 9.64 Å². The molecule has 0 N–H and O–H groups in total. The van der Waals surface area contributed by atoms with Gasteiger partial charge in [-0.25, -0.2) is 0 Å². The van der Waals surface area contributed by atoms with E-state index in [2.05, 4.69) is 62.2 Å². The lowest BCUT2D eigenvalue weighted by Crippen LogP contribution is -2.58. The van der Waals surface area contributed by atoms with Gasteiger partial charge in [0.05, 0.1) is 10.4 Å². The number of hydrogen-bond donors (Lipinski definition) is 0. The fraction of sp³-hybridized carbons (Fsp3) is 0.263. The molecule has 1 atom stereocenters. The molecule has 2 aliphatic rings. The third-order valence-electron chi connectivity index (χ3n) is 5.12. The first-order chi connectivity index (χ1) is 10.9. The first kappa shape index (κ1) is 14.9. The lowest BCUT2D eigenvalue weighted by molar-refractivity contribution is 0.0583. The van der Waals surface area contributed by atoms with Crippen LogP contribution in [0, 0.1) is 0 Å². The largest absolute Gasteiger partial charge is 0.461 e. The highest BCUT2D eigenvalue weighted by Gasteiger charge is 2.57. The highest BCUT2D eigenvalue weighted by atomic mass is 35.5. The van der Waals surface area contributed by atoms with E-state index in [0.29, 0.717) is 15.8 Å². The third-order valence-corrected chi connectivity index (χ3v) is 5.62. The number of rotatable bonds is 0. The van der Waals surface area contributed by atoms with Crippen molar-refractivity contribution in [2.24, 2.45) is 0 Å². The quantitative estimate of drug-likeness (QED) is 0.622. The minimum Gasteiger partial charge on any atom is -0.461 e. The minimum absolute atomic E-state index is 0.227. The van der Waals surface area contributed by atoms with Gasteiger partial charge in [0, 0.05) is 23.3 Å². The zero-order chi connectivity index (χ0) is 16.4. The molecule has 0 fully saturated rings. The summed E-state index contributed by atoms with van der Waals surface area (Å²) in [5.41, 5.74) is 2.51. The Kier molecular flexibility index (Phi) is 3.04. The number of para-hydroxylation sites is 1. The van der Waals surface area contributed by atoms with Crippen molar-refractivity contribution < 1.29 is 4.74 Å². The highest BCUT2D eigenvalue weighted by molar-refractivity contribution is 6.36. The molecule has 23 heavy (non-hydrogen) atoms. The van der Waals surface area contributed by atoms with E-state index in [9.17, 15) is 0 Å². The smallest absolute Gasteiger partial charge is 0.211 e. The van der Waals surface area contributed by atoms with Crippen molar-refractivity contribution >= 4 is 35.0 Å². The Bertz CT molecular complexity index is 843.